The van der Waals surface area contributed by atoms with Crippen molar-refractivity contribution in [1.82, 2.24) is 20.9 Å². The van der Waals surface area contributed by atoms with Crippen molar-refractivity contribution in [2.45, 2.75) is 58.7 Å². The molecule has 154 valence electrons. The molecular formula is C21H32N4O3. The Morgan fingerprint density at radius 3 is 2.46 bits per heavy atom. The van der Waals surface area contributed by atoms with Crippen molar-refractivity contribution in [2.75, 3.05) is 6.61 Å². The maximum atomic E-state index is 12.9. The minimum atomic E-state index is -0.666. The number of carbonyl (C=O) groups is 2. The molecule has 7 nitrogen and oxygen atoms in total. The highest BCUT2D eigenvalue weighted by Gasteiger charge is 2.28. The summed E-state index contributed by atoms with van der Waals surface area (Å²) in [5.41, 5.74) is 2.05. The van der Waals surface area contributed by atoms with Crippen LogP contribution < -0.4 is 16.0 Å². The summed E-state index contributed by atoms with van der Waals surface area (Å²) in [6, 6.07) is 6.43. The average molecular weight is 389 g/mol. The number of aliphatic hydroxyl groups is 1. The Labute approximate surface area is 166 Å². The van der Waals surface area contributed by atoms with Gasteiger partial charge < -0.3 is 26.0 Å². The molecule has 0 unspecified atom stereocenters. The van der Waals surface area contributed by atoms with Crippen LogP contribution in [0.4, 0.5) is 4.79 Å². The summed E-state index contributed by atoms with van der Waals surface area (Å²) in [6.07, 6.45) is 3.14. The van der Waals surface area contributed by atoms with Crippen LogP contribution >= 0.6 is 0 Å². The van der Waals surface area contributed by atoms with Gasteiger partial charge in [0, 0.05) is 23.1 Å². The second-order valence-electron chi connectivity index (χ2n) is 7.59. The molecule has 2 rings (SSSR count). The monoisotopic (exact) mass is 388 g/mol. The molecule has 0 aliphatic rings. The number of hydrogen-bond acceptors (Lipinski definition) is 3. The number of rotatable bonds is 9. The zero-order valence-electron chi connectivity index (χ0n) is 17.1. The minimum Gasteiger partial charge on any atom is -0.394 e. The van der Waals surface area contributed by atoms with Gasteiger partial charge in [-0.1, -0.05) is 38.5 Å². The Hall–Kier alpha value is -2.54. The largest absolute Gasteiger partial charge is 0.394 e. The third-order valence-corrected chi connectivity index (χ3v) is 4.91. The second-order valence-corrected chi connectivity index (χ2v) is 7.59. The van der Waals surface area contributed by atoms with E-state index in [-0.39, 0.29) is 30.5 Å². The Bertz CT molecular complexity index is 787. The maximum Gasteiger partial charge on any atom is 0.315 e. The van der Waals surface area contributed by atoms with E-state index >= 15 is 0 Å². The molecule has 3 amide bonds. The van der Waals surface area contributed by atoms with E-state index in [0.717, 1.165) is 22.9 Å². The predicted molar refractivity (Wildman–Crippen MR) is 111 cm³/mol. The quantitative estimate of drug-likeness (QED) is 0.455. The summed E-state index contributed by atoms with van der Waals surface area (Å²) in [5, 5.41) is 19.3. The molecule has 1 aromatic carbocycles. The fourth-order valence-corrected chi connectivity index (χ4v) is 3.17. The van der Waals surface area contributed by atoms with Gasteiger partial charge in [0.2, 0.25) is 5.91 Å². The summed E-state index contributed by atoms with van der Waals surface area (Å²) in [4.78, 5) is 28.2. The first-order valence-corrected chi connectivity index (χ1v) is 9.88. The van der Waals surface area contributed by atoms with E-state index in [1.165, 1.54) is 0 Å². The van der Waals surface area contributed by atoms with Gasteiger partial charge >= 0.3 is 6.03 Å². The average Bonchev–Trinajstić information content (AvgIpc) is 3.07. The summed E-state index contributed by atoms with van der Waals surface area (Å²) >= 11 is 0. The molecule has 0 bridgehead atoms. The number of para-hydroxylation sites is 1. The van der Waals surface area contributed by atoms with E-state index < -0.39 is 12.1 Å². The maximum absolute atomic E-state index is 12.9. The van der Waals surface area contributed by atoms with Crippen molar-refractivity contribution in [2.24, 2.45) is 5.92 Å². The van der Waals surface area contributed by atoms with Crippen LogP contribution in [0.2, 0.25) is 0 Å². The van der Waals surface area contributed by atoms with Gasteiger partial charge in [-0.25, -0.2) is 4.79 Å². The predicted octanol–water partition coefficient (Wildman–Crippen LogP) is 2.31. The summed E-state index contributed by atoms with van der Waals surface area (Å²) in [7, 11) is 0. The van der Waals surface area contributed by atoms with E-state index in [0.29, 0.717) is 6.42 Å². The van der Waals surface area contributed by atoms with Gasteiger partial charge in [-0.3, -0.25) is 4.79 Å². The van der Waals surface area contributed by atoms with Gasteiger partial charge in [0.1, 0.15) is 6.04 Å². The van der Waals surface area contributed by atoms with Crippen LogP contribution in [-0.2, 0) is 11.2 Å². The lowest BCUT2D eigenvalue weighted by molar-refractivity contribution is -0.125. The van der Waals surface area contributed by atoms with Gasteiger partial charge in [-0.05, 0) is 37.8 Å². The SMILES string of the molecule is CC[C@H](C)[C@H](NC(=O)NC(C)C)C(=O)N[C@H](CO)Cc1c[nH]c2ccccc12. The first-order valence-electron chi connectivity index (χ1n) is 9.88. The highest BCUT2D eigenvalue weighted by atomic mass is 16.3. The molecule has 5 N–H and O–H groups in total. The normalized spacial score (nSPS) is 14.5. The van der Waals surface area contributed by atoms with Gasteiger partial charge in [0.25, 0.3) is 0 Å². The fourth-order valence-electron chi connectivity index (χ4n) is 3.17. The minimum absolute atomic E-state index is 0.0206. The number of carbonyl (C=O) groups excluding carboxylic acids is 2. The molecule has 0 spiro atoms. The van der Waals surface area contributed by atoms with Crippen molar-refractivity contribution in [3.63, 3.8) is 0 Å². The van der Waals surface area contributed by atoms with E-state index in [2.05, 4.69) is 20.9 Å². The highest BCUT2D eigenvalue weighted by molar-refractivity contribution is 5.88. The molecule has 0 fully saturated rings. The molecule has 7 heteroatoms. The number of amides is 3. The molecule has 28 heavy (non-hydrogen) atoms. The van der Waals surface area contributed by atoms with Gasteiger partial charge in [0.05, 0.1) is 12.6 Å². The van der Waals surface area contributed by atoms with Crippen molar-refractivity contribution in [1.29, 1.82) is 0 Å². The van der Waals surface area contributed by atoms with Gasteiger partial charge in [-0.15, -0.1) is 0 Å². The molecular weight excluding hydrogens is 356 g/mol. The third-order valence-electron chi connectivity index (χ3n) is 4.91. The summed E-state index contributed by atoms with van der Waals surface area (Å²) in [6.45, 7) is 7.44. The standard InChI is InChI=1S/C21H32N4O3/c1-5-14(4)19(25-21(28)23-13(2)3)20(27)24-16(12-26)10-15-11-22-18-9-7-6-8-17(15)18/h6-9,11,13-14,16,19,22,26H,5,10,12H2,1-4H3,(H,24,27)(H2,23,25,28)/t14-,16-,19-/m0/s1. The topological polar surface area (TPSA) is 106 Å². The Kier molecular flexibility index (Phi) is 7.87. The fraction of sp³-hybridized carbons (Fsp3) is 0.524. The van der Waals surface area contributed by atoms with Gasteiger partial charge in [-0.2, -0.15) is 0 Å². The van der Waals surface area contributed by atoms with Crippen LogP contribution in [0.5, 0.6) is 0 Å². The first kappa shape index (κ1) is 21.8. The number of fused-ring (bicyclic) bond motifs is 1. The molecule has 0 aliphatic heterocycles. The second kappa shape index (κ2) is 10.1. The molecule has 1 heterocycles. The van der Waals surface area contributed by atoms with Crippen molar-refractivity contribution in [3.05, 3.63) is 36.0 Å². The van der Waals surface area contributed by atoms with E-state index in [1.54, 1.807) is 0 Å². The zero-order valence-corrected chi connectivity index (χ0v) is 17.1. The Morgan fingerprint density at radius 2 is 1.82 bits per heavy atom. The van der Waals surface area contributed by atoms with E-state index in [4.69, 9.17) is 0 Å². The molecule has 0 saturated carbocycles. The van der Waals surface area contributed by atoms with Crippen molar-refractivity contribution < 1.29 is 14.7 Å². The molecule has 0 aliphatic carbocycles. The summed E-state index contributed by atoms with van der Waals surface area (Å²) < 4.78 is 0. The van der Waals surface area contributed by atoms with Gasteiger partial charge in [0.15, 0.2) is 0 Å². The number of nitrogens with one attached hydrogen (secondary N) is 4. The zero-order chi connectivity index (χ0) is 20.7. The Morgan fingerprint density at radius 1 is 1.11 bits per heavy atom. The van der Waals surface area contributed by atoms with Crippen LogP contribution in [0.3, 0.4) is 0 Å². The number of aliphatic hydroxyl groups excluding tert-OH is 1. The number of hydrogen-bond donors (Lipinski definition) is 5. The first-order chi connectivity index (χ1) is 13.3. The lowest BCUT2D eigenvalue weighted by Gasteiger charge is -2.26. The van der Waals surface area contributed by atoms with E-state index in [9.17, 15) is 14.7 Å². The van der Waals surface area contributed by atoms with Crippen LogP contribution in [0.15, 0.2) is 30.5 Å². The van der Waals surface area contributed by atoms with Crippen LogP contribution in [0, 0.1) is 5.92 Å². The molecule has 1 aromatic heterocycles. The molecule has 0 saturated heterocycles. The smallest absolute Gasteiger partial charge is 0.315 e. The lowest BCUT2D eigenvalue weighted by atomic mass is 9.97. The number of aromatic amines is 1. The number of H-pyrrole nitrogens is 1. The third kappa shape index (κ3) is 5.73. The van der Waals surface area contributed by atoms with Crippen molar-refractivity contribution >= 4 is 22.8 Å². The molecule has 0 radical (unpaired) electrons. The highest BCUT2D eigenvalue weighted by Crippen LogP contribution is 2.19. The number of benzene rings is 1. The Balaban J connectivity index is 2.07. The number of aromatic nitrogens is 1. The van der Waals surface area contributed by atoms with Crippen LogP contribution in [-0.4, -0.2) is 46.8 Å². The number of urea groups is 1. The molecule has 2 aromatic rings. The van der Waals surface area contributed by atoms with Crippen LogP contribution in [0.1, 0.15) is 39.7 Å². The molecule has 3 atom stereocenters. The van der Waals surface area contributed by atoms with Crippen LogP contribution in [0.25, 0.3) is 10.9 Å². The lowest BCUT2D eigenvalue weighted by Crippen LogP contribution is -2.56. The van der Waals surface area contributed by atoms with E-state index in [1.807, 2.05) is 58.2 Å². The van der Waals surface area contributed by atoms with Crippen molar-refractivity contribution in [3.8, 4) is 0 Å². The summed E-state index contributed by atoms with van der Waals surface area (Å²) in [5.74, 6) is -0.322.